The van der Waals surface area contributed by atoms with Crippen molar-refractivity contribution in [2.24, 2.45) is 0 Å². The molecule has 0 aliphatic carbocycles. The standard InChI is InChI=1S/C16H15ClN2O/c17-15-7-5-13(6-8-15)11-19-12-14-3-1-2-4-16(14)20-10-9-18/h1-8,19H,10-12H2. The maximum Gasteiger partial charge on any atom is 0.174 e. The van der Waals surface area contributed by atoms with E-state index in [9.17, 15) is 0 Å². The van der Waals surface area contributed by atoms with Crippen molar-refractivity contribution < 1.29 is 4.74 Å². The second kappa shape index (κ2) is 7.54. The number of hydrogen-bond acceptors (Lipinski definition) is 3. The Balaban J connectivity index is 1.90. The summed E-state index contributed by atoms with van der Waals surface area (Å²) in [6.07, 6.45) is 0. The van der Waals surface area contributed by atoms with Crippen molar-refractivity contribution in [3.63, 3.8) is 0 Å². The maximum atomic E-state index is 8.56. The van der Waals surface area contributed by atoms with E-state index < -0.39 is 0 Å². The number of nitriles is 1. The van der Waals surface area contributed by atoms with Gasteiger partial charge in [-0.05, 0) is 23.8 Å². The second-order valence-corrected chi connectivity index (χ2v) is 4.72. The molecule has 2 rings (SSSR count). The van der Waals surface area contributed by atoms with Crippen molar-refractivity contribution in [2.45, 2.75) is 13.1 Å². The highest BCUT2D eigenvalue weighted by Gasteiger charge is 2.02. The van der Waals surface area contributed by atoms with Gasteiger partial charge in [0.05, 0.1) is 0 Å². The fourth-order valence-electron chi connectivity index (χ4n) is 1.84. The molecule has 4 heteroatoms. The van der Waals surface area contributed by atoms with Crippen molar-refractivity contribution in [3.05, 3.63) is 64.7 Å². The van der Waals surface area contributed by atoms with Crippen LogP contribution in [0.4, 0.5) is 0 Å². The SMILES string of the molecule is N#CCOc1ccccc1CNCc1ccc(Cl)cc1. The minimum atomic E-state index is 0.0637. The van der Waals surface area contributed by atoms with E-state index >= 15 is 0 Å². The molecule has 0 saturated carbocycles. The second-order valence-electron chi connectivity index (χ2n) is 4.28. The zero-order valence-electron chi connectivity index (χ0n) is 11.0. The molecule has 0 spiro atoms. The summed E-state index contributed by atoms with van der Waals surface area (Å²) in [4.78, 5) is 0. The van der Waals surface area contributed by atoms with Gasteiger partial charge in [0.1, 0.15) is 11.8 Å². The minimum absolute atomic E-state index is 0.0637. The van der Waals surface area contributed by atoms with Gasteiger partial charge in [0.15, 0.2) is 6.61 Å². The molecular weight excluding hydrogens is 272 g/mol. The summed E-state index contributed by atoms with van der Waals surface area (Å²) in [6.45, 7) is 1.50. The molecule has 1 N–H and O–H groups in total. The summed E-state index contributed by atoms with van der Waals surface area (Å²) < 4.78 is 5.39. The zero-order valence-corrected chi connectivity index (χ0v) is 11.7. The normalized spacial score (nSPS) is 10.0. The van der Waals surface area contributed by atoms with Crippen LogP contribution in [0.5, 0.6) is 5.75 Å². The van der Waals surface area contributed by atoms with E-state index in [-0.39, 0.29) is 6.61 Å². The predicted octanol–water partition coefficient (Wildman–Crippen LogP) is 3.53. The molecular formula is C16H15ClN2O. The molecule has 0 amide bonds. The van der Waals surface area contributed by atoms with Crippen molar-refractivity contribution >= 4 is 11.6 Å². The molecule has 0 unspecified atom stereocenters. The first-order valence-corrected chi connectivity index (χ1v) is 6.70. The van der Waals surface area contributed by atoms with Crippen LogP contribution in [0.3, 0.4) is 0 Å². The van der Waals surface area contributed by atoms with Gasteiger partial charge in [-0.15, -0.1) is 0 Å². The Morgan fingerprint density at radius 2 is 1.80 bits per heavy atom. The van der Waals surface area contributed by atoms with Gasteiger partial charge in [-0.2, -0.15) is 5.26 Å². The topological polar surface area (TPSA) is 45.0 Å². The van der Waals surface area contributed by atoms with Gasteiger partial charge < -0.3 is 10.1 Å². The van der Waals surface area contributed by atoms with Gasteiger partial charge >= 0.3 is 0 Å². The van der Waals surface area contributed by atoms with Gasteiger partial charge in [-0.25, -0.2) is 0 Å². The van der Waals surface area contributed by atoms with Crippen LogP contribution in [0.15, 0.2) is 48.5 Å². The number of nitrogens with zero attached hydrogens (tertiary/aromatic N) is 1. The van der Waals surface area contributed by atoms with E-state index in [1.54, 1.807) is 0 Å². The average molecular weight is 287 g/mol. The Morgan fingerprint density at radius 3 is 2.55 bits per heavy atom. The molecule has 2 aromatic rings. The van der Waals surface area contributed by atoms with Gasteiger partial charge in [0.2, 0.25) is 0 Å². The number of rotatable bonds is 6. The maximum absolute atomic E-state index is 8.56. The Kier molecular flexibility index (Phi) is 5.43. The van der Waals surface area contributed by atoms with Crippen molar-refractivity contribution in [1.29, 1.82) is 5.26 Å². The number of benzene rings is 2. The highest BCUT2D eigenvalue weighted by molar-refractivity contribution is 6.30. The number of para-hydroxylation sites is 1. The molecule has 0 saturated heterocycles. The Labute approximate surface area is 123 Å². The van der Waals surface area contributed by atoms with Gasteiger partial charge in [0, 0.05) is 23.7 Å². The Bertz CT molecular complexity index is 590. The minimum Gasteiger partial charge on any atom is -0.478 e. The van der Waals surface area contributed by atoms with E-state index in [2.05, 4.69) is 5.32 Å². The molecule has 2 aromatic carbocycles. The number of hydrogen-bond donors (Lipinski definition) is 1. The van der Waals surface area contributed by atoms with Gasteiger partial charge in [0.25, 0.3) is 0 Å². The third kappa shape index (κ3) is 4.27. The van der Waals surface area contributed by atoms with E-state index in [0.29, 0.717) is 6.54 Å². The van der Waals surface area contributed by atoms with Crippen LogP contribution < -0.4 is 10.1 Å². The molecule has 0 bridgehead atoms. The summed E-state index contributed by atoms with van der Waals surface area (Å²) >= 11 is 5.85. The molecule has 0 fully saturated rings. The third-order valence-electron chi connectivity index (χ3n) is 2.82. The van der Waals surface area contributed by atoms with Gasteiger partial charge in [-0.1, -0.05) is 41.9 Å². The lowest BCUT2D eigenvalue weighted by molar-refractivity contribution is 0.362. The van der Waals surface area contributed by atoms with Crippen LogP contribution in [0, 0.1) is 11.3 Å². The van der Waals surface area contributed by atoms with Crippen LogP contribution in [0.25, 0.3) is 0 Å². The molecule has 0 radical (unpaired) electrons. The molecule has 102 valence electrons. The smallest absolute Gasteiger partial charge is 0.174 e. The highest BCUT2D eigenvalue weighted by Crippen LogP contribution is 2.17. The molecule has 0 aliphatic heterocycles. The lowest BCUT2D eigenvalue weighted by Crippen LogP contribution is -2.13. The first kappa shape index (κ1) is 14.4. The van der Waals surface area contributed by atoms with Crippen LogP contribution in [0.1, 0.15) is 11.1 Å². The quantitative estimate of drug-likeness (QED) is 0.883. The Hall–Kier alpha value is -2.02. The largest absolute Gasteiger partial charge is 0.478 e. The first-order chi connectivity index (χ1) is 9.79. The lowest BCUT2D eigenvalue weighted by atomic mass is 10.2. The summed E-state index contributed by atoms with van der Waals surface area (Å²) in [5, 5.41) is 12.7. The monoisotopic (exact) mass is 286 g/mol. The molecule has 0 aromatic heterocycles. The predicted molar refractivity (Wildman–Crippen MR) is 79.5 cm³/mol. The molecule has 0 heterocycles. The van der Waals surface area contributed by atoms with Crippen molar-refractivity contribution in [1.82, 2.24) is 5.32 Å². The summed E-state index contributed by atoms with van der Waals surface area (Å²) in [6, 6.07) is 17.4. The van der Waals surface area contributed by atoms with Crippen LogP contribution >= 0.6 is 11.6 Å². The molecule has 20 heavy (non-hydrogen) atoms. The van der Waals surface area contributed by atoms with Gasteiger partial charge in [-0.3, -0.25) is 0 Å². The average Bonchev–Trinajstić information content (AvgIpc) is 2.48. The van der Waals surface area contributed by atoms with E-state index in [1.807, 2.05) is 54.6 Å². The van der Waals surface area contributed by atoms with E-state index in [0.717, 1.165) is 22.9 Å². The molecule has 0 aliphatic rings. The summed E-state index contributed by atoms with van der Waals surface area (Å²) in [7, 11) is 0. The number of halogens is 1. The zero-order chi connectivity index (χ0) is 14.2. The van der Waals surface area contributed by atoms with E-state index in [1.165, 1.54) is 5.56 Å². The highest BCUT2D eigenvalue weighted by atomic mass is 35.5. The van der Waals surface area contributed by atoms with Crippen LogP contribution in [0.2, 0.25) is 5.02 Å². The fraction of sp³-hybridized carbons (Fsp3) is 0.188. The Morgan fingerprint density at radius 1 is 1.05 bits per heavy atom. The van der Waals surface area contributed by atoms with E-state index in [4.69, 9.17) is 21.6 Å². The van der Waals surface area contributed by atoms with Crippen LogP contribution in [-0.4, -0.2) is 6.61 Å². The fourth-order valence-corrected chi connectivity index (χ4v) is 1.97. The number of nitrogens with one attached hydrogen (secondary N) is 1. The molecule has 3 nitrogen and oxygen atoms in total. The lowest BCUT2D eigenvalue weighted by Gasteiger charge is -2.10. The van der Waals surface area contributed by atoms with Crippen molar-refractivity contribution in [3.8, 4) is 11.8 Å². The number of ether oxygens (including phenoxy) is 1. The first-order valence-electron chi connectivity index (χ1n) is 6.32. The van der Waals surface area contributed by atoms with Crippen molar-refractivity contribution in [2.75, 3.05) is 6.61 Å². The molecule has 0 atom stereocenters. The third-order valence-corrected chi connectivity index (χ3v) is 3.07. The summed E-state index contributed by atoms with van der Waals surface area (Å²) in [5.74, 6) is 0.748. The summed E-state index contributed by atoms with van der Waals surface area (Å²) in [5.41, 5.74) is 2.21. The van der Waals surface area contributed by atoms with Crippen LogP contribution in [-0.2, 0) is 13.1 Å².